The summed E-state index contributed by atoms with van der Waals surface area (Å²) in [5.41, 5.74) is 0.585. The van der Waals surface area contributed by atoms with Crippen LogP contribution < -0.4 is 5.32 Å². The second-order valence-electron chi connectivity index (χ2n) is 4.49. The van der Waals surface area contributed by atoms with Gasteiger partial charge in [-0.2, -0.15) is 5.26 Å². The van der Waals surface area contributed by atoms with Crippen LogP contribution >= 0.6 is 0 Å². The first-order valence-electron chi connectivity index (χ1n) is 6.49. The summed E-state index contributed by atoms with van der Waals surface area (Å²) < 4.78 is 0. The van der Waals surface area contributed by atoms with E-state index in [9.17, 15) is 4.79 Å². The number of phenols is 1. The van der Waals surface area contributed by atoms with E-state index in [1.165, 1.54) is 12.1 Å². The van der Waals surface area contributed by atoms with Crippen LogP contribution in [0.3, 0.4) is 0 Å². The van der Waals surface area contributed by atoms with Crippen LogP contribution in [0.15, 0.2) is 36.0 Å². The maximum Gasteiger partial charge on any atom is 0.267 e. The second-order valence-corrected chi connectivity index (χ2v) is 4.49. The Hall–Kier alpha value is -2.48. The van der Waals surface area contributed by atoms with Crippen LogP contribution in [-0.4, -0.2) is 29.5 Å². The van der Waals surface area contributed by atoms with Crippen molar-refractivity contribution < 1.29 is 9.90 Å². The van der Waals surface area contributed by atoms with Crippen molar-refractivity contribution in [2.24, 2.45) is 0 Å². The summed E-state index contributed by atoms with van der Waals surface area (Å²) in [6.45, 7) is 2.88. The van der Waals surface area contributed by atoms with Gasteiger partial charge in [0.1, 0.15) is 17.4 Å². The summed E-state index contributed by atoms with van der Waals surface area (Å²) in [6.07, 6.45) is 3.61. The van der Waals surface area contributed by atoms with E-state index in [4.69, 9.17) is 10.4 Å². The molecule has 0 atom stereocenters. The van der Waals surface area contributed by atoms with Crippen LogP contribution in [0, 0.1) is 11.3 Å². The largest absolute Gasteiger partial charge is 0.508 e. The first kappa shape index (κ1) is 15.6. The molecule has 0 radical (unpaired) electrons. The van der Waals surface area contributed by atoms with E-state index in [0.717, 1.165) is 19.4 Å². The Morgan fingerprint density at radius 2 is 2.10 bits per heavy atom. The molecule has 0 aliphatic carbocycles. The molecule has 0 aliphatic rings. The number of amides is 1. The topological polar surface area (TPSA) is 76.4 Å². The average molecular weight is 273 g/mol. The quantitative estimate of drug-likeness (QED) is 0.474. The fourth-order valence-corrected chi connectivity index (χ4v) is 1.57. The molecule has 1 amide bonds. The number of anilines is 1. The number of nitrogens with zero attached hydrogens (tertiary/aromatic N) is 2. The molecule has 1 aromatic rings. The SMILES string of the molecule is CCCCN(C)/C=C(/C#N)C(=O)Nc1ccc(O)cc1. The Labute approximate surface area is 119 Å². The zero-order valence-electron chi connectivity index (χ0n) is 11.8. The number of phenolic OH excluding ortho intramolecular Hbond substituents is 1. The summed E-state index contributed by atoms with van der Waals surface area (Å²) >= 11 is 0. The third-order valence-corrected chi connectivity index (χ3v) is 2.70. The number of carbonyl (C=O) groups is 1. The lowest BCUT2D eigenvalue weighted by Crippen LogP contribution is -2.19. The van der Waals surface area contributed by atoms with Gasteiger partial charge in [-0.3, -0.25) is 4.79 Å². The van der Waals surface area contributed by atoms with E-state index in [2.05, 4.69) is 12.2 Å². The van der Waals surface area contributed by atoms with Crippen molar-refractivity contribution in [3.05, 3.63) is 36.0 Å². The Kier molecular flexibility index (Phi) is 6.11. The molecule has 0 saturated heterocycles. The predicted molar refractivity (Wildman–Crippen MR) is 78.0 cm³/mol. The lowest BCUT2D eigenvalue weighted by atomic mass is 10.2. The molecule has 106 valence electrons. The number of unbranched alkanes of at least 4 members (excludes halogenated alkanes) is 1. The first-order valence-corrected chi connectivity index (χ1v) is 6.49. The molecule has 5 heteroatoms. The number of carbonyl (C=O) groups excluding carboxylic acids is 1. The highest BCUT2D eigenvalue weighted by Gasteiger charge is 2.10. The molecule has 0 bridgehead atoms. The van der Waals surface area contributed by atoms with E-state index in [1.807, 2.05) is 18.0 Å². The summed E-state index contributed by atoms with van der Waals surface area (Å²) in [7, 11) is 1.83. The van der Waals surface area contributed by atoms with E-state index in [-0.39, 0.29) is 11.3 Å². The van der Waals surface area contributed by atoms with Gasteiger partial charge in [0.2, 0.25) is 0 Å². The molecule has 2 N–H and O–H groups in total. The minimum atomic E-state index is -0.457. The van der Waals surface area contributed by atoms with E-state index in [1.54, 1.807) is 18.3 Å². The molecule has 1 rings (SSSR count). The molecule has 0 aromatic heterocycles. The van der Waals surface area contributed by atoms with Crippen molar-refractivity contribution in [3.8, 4) is 11.8 Å². The molecule has 0 heterocycles. The van der Waals surface area contributed by atoms with Gasteiger partial charge in [-0.05, 0) is 30.7 Å². The average Bonchev–Trinajstić information content (AvgIpc) is 2.44. The highest BCUT2D eigenvalue weighted by molar-refractivity contribution is 6.06. The molecular weight excluding hydrogens is 254 g/mol. The number of nitriles is 1. The predicted octanol–water partition coefficient (Wildman–Crippen LogP) is 2.47. The molecule has 20 heavy (non-hydrogen) atoms. The van der Waals surface area contributed by atoms with Crippen LogP contribution in [0.25, 0.3) is 0 Å². The number of nitrogens with one attached hydrogen (secondary N) is 1. The summed E-state index contributed by atoms with van der Waals surface area (Å²) in [4.78, 5) is 13.8. The van der Waals surface area contributed by atoms with Gasteiger partial charge >= 0.3 is 0 Å². The molecule has 0 saturated carbocycles. The van der Waals surface area contributed by atoms with Crippen LogP contribution in [0.1, 0.15) is 19.8 Å². The van der Waals surface area contributed by atoms with Gasteiger partial charge in [-0.25, -0.2) is 0 Å². The smallest absolute Gasteiger partial charge is 0.267 e. The molecule has 0 unspecified atom stereocenters. The van der Waals surface area contributed by atoms with Crippen molar-refractivity contribution in [3.63, 3.8) is 0 Å². The highest BCUT2D eigenvalue weighted by Crippen LogP contribution is 2.14. The molecule has 5 nitrogen and oxygen atoms in total. The number of aromatic hydroxyl groups is 1. The second kappa shape index (κ2) is 7.85. The van der Waals surface area contributed by atoms with Crippen LogP contribution in [-0.2, 0) is 4.79 Å². The van der Waals surface area contributed by atoms with Crippen molar-refractivity contribution in [1.29, 1.82) is 5.26 Å². The van der Waals surface area contributed by atoms with Crippen molar-refractivity contribution in [2.45, 2.75) is 19.8 Å². The van der Waals surface area contributed by atoms with Gasteiger partial charge in [0, 0.05) is 25.5 Å². The maximum absolute atomic E-state index is 11.9. The number of benzene rings is 1. The van der Waals surface area contributed by atoms with Gasteiger partial charge in [-0.1, -0.05) is 13.3 Å². The van der Waals surface area contributed by atoms with Gasteiger partial charge in [0.05, 0.1) is 0 Å². The first-order chi connectivity index (χ1) is 9.56. The van der Waals surface area contributed by atoms with E-state index in [0.29, 0.717) is 5.69 Å². The van der Waals surface area contributed by atoms with Crippen molar-refractivity contribution >= 4 is 11.6 Å². The Bertz CT molecular complexity index is 515. The lowest BCUT2D eigenvalue weighted by Gasteiger charge is -2.14. The van der Waals surface area contributed by atoms with Crippen LogP contribution in [0.2, 0.25) is 0 Å². The monoisotopic (exact) mass is 273 g/mol. The highest BCUT2D eigenvalue weighted by atomic mass is 16.3. The van der Waals surface area contributed by atoms with Gasteiger partial charge < -0.3 is 15.3 Å². The normalized spacial score (nSPS) is 10.8. The lowest BCUT2D eigenvalue weighted by molar-refractivity contribution is -0.112. The summed E-state index contributed by atoms with van der Waals surface area (Å²) in [5.74, 6) is -0.333. The number of rotatable bonds is 6. The summed E-state index contributed by atoms with van der Waals surface area (Å²) in [5, 5.41) is 20.8. The third kappa shape index (κ3) is 5.02. The Balaban J connectivity index is 2.70. The zero-order valence-corrected chi connectivity index (χ0v) is 11.8. The minimum absolute atomic E-state index is 0.0525. The number of hydrogen-bond donors (Lipinski definition) is 2. The van der Waals surface area contributed by atoms with Gasteiger partial charge in [-0.15, -0.1) is 0 Å². The van der Waals surface area contributed by atoms with E-state index >= 15 is 0 Å². The zero-order chi connectivity index (χ0) is 15.0. The maximum atomic E-state index is 11.9. The fourth-order valence-electron chi connectivity index (χ4n) is 1.57. The van der Waals surface area contributed by atoms with Crippen LogP contribution in [0.4, 0.5) is 5.69 Å². The minimum Gasteiger partial charge on any atom is -0.508 e. The molecule has 0 fully saturated rings. The van der Waals surface area contributed by atoms with Gasteiger partial charge in [0.25, 0.3) is 5.91 Å². The Morgan fingerprint density at radius 3 is 2.65 bits per heavy atom. The molecule has 0 aliphatic heterocycles. The molecule has 0 spiro atoms. The Morgan fingerprint density at radius 1 is 1.45 bits per heavy atom. The third-order valence-electron chi connectivity index (χ3n) is 2.70. The molecular formula is C15H19N3O2. The molecule has 1 aromatic carbocycles. The summed E-state index contributed by atoms with van der Waals surface area (Å²) in [6, 6.07) is 7.99. The standard InChI is InChI=1S/C15H19N3O2/c1-3-4-9-18(2)11-12(10-16)15(20)17-13-5-7-14(19)8-6-13/h5-8,11,19H,3-4,9H2,1-2H3,(H,17,20)/b12-11-. The fraction of sp³-hybridized carbons (Fsp3) is 0.333. The van der Waals surface area contributed by atoms with Gasteiger partial charge in [0.15, 0.2) is 0 Å². The van der Waals surface area contributed by atoms with Crippen LogP contribution in [0.5, 0.6) is 5.75 Å². The van der Waals surface area contributed by atoms with Crippen molar-refractivity contribution in [2.75, 3.05) is 18.9 Å². The van der Waals surface area contributed by atoms with Crippen molar-refractivity contribution in [1.82, 2.24) is 4.90 Å². The van der Waals surface area contributed by atoms with E-state index < -0.39 is 5.91 Å². The number of hydrogen-bond acceptors (Lipinski definition) is 4.